The van der Waals surface area contributed by atoms with Crippen LogP contribution < -0.4 is 5.73 Å². The number of rotatable bonds is 4. The minimum atomic E-state index is -0.359. The molecular formula is C18H24Cl2N2O3. The van der Waals surface area contributed by atoms with E-state index in [0.29, 0.717) is 43.1 Å². The second-order valence-corrected chi connectivity index (χ2v) is 6.97. The Labute approximate surface area is 159 Å². The van der Waals surface area contributed by atoms with Gasteiger partial charge in [-0.15, -0.1) is 12.4 Å². The Hall–Kier alpha value is -1.14. The number of hydrogen-bond acceptors (Lipinski definition) is 4. The van der Waals surface area contributed by atoms with Gasteiger partial charge in [0.15, 0.2) is 5.78 Å². The zero-order valence-electron chi connectivity index (χ0n) is 14.0. The second kappa shape index (κ2) is 8.99. The number of hydrogen-bond donors (Lipinski definition) is 1. The normalized spacial score (nSPS) is 24.0. The maximum atomic E-state index is 12.5. The van der Waals surface area contributed by atoms with E-state index in [-0.39, 0.29) is 42.2 Å². The number of carbonyl (C=O) groups is 2. The maximum Gasteiger partial charge on any atom is 0.251 e. The van der Waals surface area contributed by atoms with E-state index in [0.717, 1.165) is 12.8 Å². The van der Waals surface area contributed by atoms with Crippen molar-refractivity contribution in [1.29, 1.82) is 0 Å². The number of piperidine rings is 1. The van der Waals surface area contributed by atoms with Crippen molar-refractivity contribution in [3.05, 3.63) is 34.9 Å². The summed E-state index contributed by atoms with van der Waals surface area (Å²) in [6, 6.07) is 7.00. The van der Waals surface area contributed by atoms with Gasteiger partial charge in [0.1, 0.15) is 6.10 Å². The first-order valence-corrected chi connectivity index (χ1v) is 8.90. The third-order valence-electron chi connectivity index (χ3n) is 4.95. The molecule has 0 saturated carbocycles. The van der Waals surface area contributed by atoms with Crippen LogP contribution in [-0.2, 0) is 9.53 Å². The van der Waals surface area contributed by atoms with Crippen molar-refractivity contribution in [1.82, 2.24) is 4.90 Å². The number of Topliss-reactive ketones (excluding diaryl/α,β-unsaturated/α-hetero) is 1. The van der Waals surface area contributed by atoms with Crippen LogP contribution in [0.2, 0.25) is 5.02 Å². The molecule has 3 rings (SSSR count). The highest BCUT2D eigenvalue weighted by atomic mass is 35.5. The Kier molecular flexibility index (Phi) is 7.25. The first-order chi connectivity index (χ1) is 11.6. The first kappa shape index (κ1) is 20.2. The number of carbonyl (C=O) groups excluding carboxylic acids is 2. The zero-order chi connectivity index (χ0) is 17.1. The molecule has 1 aromatic carbocycles. The van der Waals surface area contributed by atoms with E-state index in [1.165, 1.54) is 0 Å². The molecule has 2 heterocycles. The van der Waals surface area contributed by atoms with Gasteiger partial charge in [-0.25, -0.2) is 0 Å². The first-order valence-electron chi connectivity index (χ1n) is 8.52. The predicted molar refractivity (Wildman–Crippen MR) is 99.3 cm³/mol. The molecule has 2 atom stereocenters. The van der Waals surface area contributed by atoms with Gasteiger partial charge in [-0.3, -0.25) is 9.59 Å². The van der Waals surface area contributed by atoms with Crippen LogP contribution in [0.25, 0.3) is 0 Å². The molecule has 0 radical (unpaired) electrons. The summed E-state index contributed by atoms with van der Waals surface area (Å²) in [4.78, 5) is 26.9. The van der Waals surface area contributed by atoms with Gasteiger partial charge in [-0.2, -0.15) is 0 Å². The maximum absolute atomic E-state index is 12.5. The zero-order valence-corrected chi connectivity index (χ0v) is 15.6. The van der Waals surface area contributed by atoms with Gasteiger partial charge in [-0.1, -0.05) is 11.6 Å². The fourth-order valence-electron chi connectivity index (χ4n) is 3.48. The standard InChI is InChI=1S/C18H23ClN2O3.ClH/c19-14-3-1-12(2-4-14)17(22)13-7-9-21(10-8-13)18(23)16-6-5-15(11-20)24-16;/h1-4,13,15-16H,5-11,20H2;1H/t15-,16+;/m1./s1. The van der Waals surface area contributed by atoms with Crippen LogP contribution in [0.15, 0.2) is 24.3 Å². The summed E-state index contributed by atoms with van der Waals surface area (Å²) < 4.78 is 5.68. The Bertz CT molecular complexity index is 601. The molecular weight excluding hydrogens is 363 g/mol. The summed E-state index contributed by atoms with van der Waals surface area (Å²) in [6.07, 6.45) is 2.62. The summed E-state index contributed by atoms with van der Waals surface area (Å²) in [6.45, 7) is 1.67. The SMILES string of the molecule is Cl.NC[C@H]1CC[C@@H](C(=O)N2CCC(C(=O)c3ccc(Cl)cc3)CC2)O1. The Balaban J connectivity index is 0.00000225. The fourth-order valence-corrected chi connectivity index (χ4v) is 3.60. The lowest BCUT2D eigenvalue weighted by molar-refractivity contribution is -0.144. The summed E-state index contributed by atoms with van der Waals surface area (Å²) in [7, 11) is 0. The van der Waals surface area contributed by atoms with Gasteiger partial charge in [0, 0.05) is 36.1 Å². The average molecular weight is 387 g/mol. The van der Waals surface area contributed by atoms with Crippen molar-refractivity contribution in [3.8, 4) is 0 Å². The van der Waals surface area contributed by atoms with E-state index in [2.05, 4.69) is 0 Å². The van der Waals surface area contributed by atoms with Crippen LogP contribution >= 0.6 is 24.0 Å². The molecule has 2 aliphatic heterocycles. The molecule has 0 aromatic heterocycles. The number of nitrogens with zero attached hydrogens (tertiary/aromatic N) is 1. The number of nitrogens with two attached hydrogens (primary N) is 1. The van der Waals surface area contributed by atoms with E-state index < -0.39 is 0 Å². The largest absolute Gasteiger partial charge is 0.364 e. The quantitative estimate of drug-likeness (QED) is 0.807. The minimum absolute atomic E-state index is 0. The monoisotopic (exact) mass is 386 g/mol. The van der Waals surface area contributed by atoms with Crippen LogP contribution in [0, 0.1) is 5.92 Å². The Morgan fingerprint density at radius 3 is 2.32 bits per heavy atom. The summed E-state index contributed by atoms with van der Waals surface area (Å²) in [5.41, 5.74) is 6.28. The topological polar surface area (TPSA) is 72.6 Å². The molecule has 25 heavy (non-hydrogen) atoms. The van der Waals surface area contributed by atoms with E-state index in [1.807, 2.05) is 4.90 Å². The van der Waals surface area contributed by atoms with Crippen molar-refractivity contribution >= 4 is 35.7 Å². The van der Waals surface area contributed by atoms with Crippen LogP contribution in [0.5, 0.6) is 0 Å². The molecule has 1 aromatic rings. The number of amides is 1. The fraction of sp³-hybridized carbons (Fsp3) is 0.556. The van der Waals surface area contributed by atoms with Gasteiger partial charge < -0.3 is 15.4 Å². The molecule has 2 fully saturated rings. The molecule has 2 saturated heterocycles. The third-order valence-corrected chi connectivity index (χ3v) is 5.20. The van der Waals surface area contributed by atoms with Crippen molar-refractivity contribution in [2.75, 3.05) is 19.6 Å². The Morgan fingerprint density at radius 2 is 1.76 bits per heavy atom. The number of ether oxygens (including phenoxy) is 1. The summed E-state index contributed by atoms with van der Waals surface area (Å²) in [5.74, 6) is 0.152. The molecule has 2 N–H and O–H groups in total. The lowest BCUT2D eigenvalue weighted by Crippen LogP contribution is -2.45. The van der Waals surface area contributed by atoms with Crippen molar-refractivity contribution in [2.45, 2.75) is 37.9 Å². The van der Waals surface area contributed by atoms with Crippen molar-refractivity contribution < 1.29 is 14.3 Å². The molecule has 0 aliphatic carbocycles. The van der Waals surface area contributed by atoms with Gasteiger partial charge >= 0.3 is 0 Å². The number of benzene rings is 1. The lowest BCUT2D eigenvalue weighted by atomic mass is 9.88. The van der Waals surface area contributed by atoms with Crippen LogP contribution in [-0.4, -0.2) is 48.4 Å². The number of halogens is 2. The van der Waals surface area contributed by atoms with E-state index in [1.54, 1.807) is 24.3 Å². The van der Waals surface area contributed by atoms with Gasteiger partial charge in [0.2, 0.25) is 0 Å². The molecule has 5 nitrogen and oxygen atoms in total. The molecule has 1 amide bonds. The average Bonchev–Trinajstić information content (AvgIpc) is 3.10. The molecule has 138 valence electrons. The molecule has 0 unspecified atom stereocenters. The molecule has 2 aliphatic rings. The third kappa shape index (κ3) is 4.73. The van der Waals surface area contributed by atoms with Crippen LogP contribution in [0.4, 0.5) is 0 Å². The smallest absolute Gasteiger partial charge is 0.251 e. The van der Waals surface area contributed by atoms with Crippen LogP contribution in [0.1, 0.15) is 36.0 Å². The highest BCUT2D eigenvalue weighted by Gasteiger charge is 2.35. The predicted octanol–water partition coefficient (Wildman–Crippen LogP) is 2.69. The molecule has 0 bridgehead atoms. The van der Waals surface area contributed by atoms with Crippen molar-refractivity contribution in [3.63, 3.8) is 0 Å². The minimum Gasteiger partial charge on any atom is -0.364 e. The lowest BCUT2D eigenvalue weighted by Gasteiger charge is -2.32. The van der Waals surface area contributed by atoms with Gasteiger partial charge in [0.05, 0.1) is 6.10 Å². The number of likely N-dealkylation sites (tertiary alicyclic amines) is 1. The van der Waals surface area contributed by atoms with Gasteiger partial charge in [-0.05, 0) is 49.9 Å². The van der Waals surface area contributed by atoms with Crippen LogP contribution in [0.3, 0.4) is 0 Å². The van der Waals surface area contributed by atoms with E-state index in [9.17, 15) is 9.59 Å². The molecule has 0 spiro atoms. The number of ketones is 1. The van der Waals surface area contributed by atoms with E-state index in [4.69, 9.17) is 22.1 Å². The highest BCUT2D eigenvalue weighted by Crippen LogP contribution is 2.26. The highest BCUT2D eigenvalue weighted by molar-refractivity contribution is 6.30. The van der Waals surface area contributed by atoms with Crippen molar-refractivity contribution in [2.24, 2.45) is 11.7 Å². The summed E-state index contributed by atoms with van der Waals surface area (Å²) in [5, 5.41) is 0.624. The summed E-state index contributed by atoms with van der Waals surface area (Å²) >= 11 is 5.86. The molecule has 7 heteroatoms. The Morgan fingerprint density at radius 1 is 1.12 bits per heavy atom. The van der Waals surface area contributed by atoms with E-state index >= 15 is 0 Å². The second-order valence-electron chi connectivity index (χ2n) is 6.53. The van der Waals surface area contributed by atoms with Gasteiger partial charge in [0.25, 0.3) is 5.91 Å².